The van der Waals surface area contributed by atoms with Crippen molar-refractivity contribution in [2.45, 2.75) is 26.0 Å². The summed E-state index contributed by atoms with van der Waals surface area (Å²) in [6.07, 6.45) is 1.24. The lowest BCUT2D eigenvalue weighted by Crippen LogP contribution is -2.32. The molecule has 0 heterocycles. The Bertz CT molecular complexity index is 368. The lowest BCUT2D eigenvalue weighted by atomic mass is 10.1. The van der Waals surface area contributed by atoms with Crippen LogP contribution < -0.4 is 9.47 Å². The van der Waals surface area contributed by atoms with Gasteiger partial charge in [-0.1, -0.05) is 13.0 Å². The molecule has 0 saturated heterocycles. The van der Waals surface area contributed by atoms with Gasteiger partial charge in [-0.15, -0.1) is 0 Å². The van der Waals surface area contributed by atoms with Crippen molar-refractivity contribution in [1.29, 1.82) is 0 Å². The summed E-state index contributed by atoms with van der Waals surface area (Å²) in [6.45, 7) is 2.78. The Balaban J connectivity index is 2.63. The second kappa shape index (κ2) is 7.24. The number of methoxy groups -OCH3 is 2. The summed E-state index contributed by atoms with van der Waals surface area (Å²) in [7, 11) is 5.19. The van der Waals surface area contributed by atoms with Gasteiger partial charge in [0.15, 0.2) is 11.5 Å². The van der Waals surface area contributed by atoms with Crippen LogP contribution >= 0.6 is 0 Å². The maximum Gasteiger partial charge on any atom is 0.160 e. The number of aliphatic hydroxyl groups is 1. The van der Waals surface area contributed by atoms with Gasteiger partial charge in [0.1, 0.15) is 6.23 Å². The monoisotopic (exact) mass is 253 g/mol. The number of rotatable bonds is 7. The molecule has 102 valence electrons. The first-order valence-electron chi connectivity index (χ1n) is 6.21. The average Bonchev–Trinajstić information content (AvgIpc) is 2.43. The summed E-state index contributed by atoms with van der Waals surface area (Å²) in [5.74, 6) is 1.48. The van der Waals surface area contributed by atoms with E-state index in [1.807, 2.05) is 37.1 Å². The second-order valence-electron chi connectivity index (χ2n) is 4.31. The van der Waals surface area contributed by atoms with Crippen LogP contribution in [0.5, 0.6) is 11.5 Å². The average molecular weight is 253 g/mol. The first-order valence-corrected chi connectivity index (χ1v) is 6.21. The zero-order chi connectivity index (χ0) is 13.5. The molecule has 4 heteroatoms. The van der Waals surface area contributed by atoms with Crippen molar-refractivity contribution < 1.29 is 14.6 Å². The van der Waals surface area contributed by atoms with Crippen LogP contribution in [0.2, 0.25) is 0 Å². The quantitative estimate of drug-likeness (QED) is 0.754. The molecule has 0 aliphatic heterocycles. The Morgan fingerprint density at radius 2 is 1.89 bits per heavy atom. The predicted molar refractivity (Wildman–Crippen MR) is 72.2 cm³/mol. The van der Waals surface area contributed by atoms with Gasteiger partial charge in [0, 0.05) is 6.54 Å². The fourth-order valence-corrected chi connectivity index (χ4v) is 1.80. The van der Waals surface area contributed by atoms with Crippen molar-refractivity contribution in [2.24, 2.45) is 0 Å². The molecule has 0 amide bonds. The predicted octanol–water partition coefficient (Wildman–Crippen LogP) is 1.91. The topological polar surface area (TPSA) is 41.9 Å². The van der Waals surface area contributed by atoms with Gasteiger partial charge in [-0.3, -0.25) is 4.90 Å². The molecule has 1 rings (SSSR count). The molecule has 1 unspecified atom stereocenters. The number of hydrogen-bond donors (Lipinski definition) is 1. The minimum absolute atomic E-state index is 0.370. The number of likely N-dealkylation sites (N-methyl/N-ethyl adjacent to an activating group) is 1. The van der Waals surface area contributed by atoms with Crippen LogP contribution in [0.25, 0.3) is 0 Å². The number of aliphatic hydroxyl groups excluding tert-OH is 1. The van der Waals surface area contributed by atoms with Gasteiger partial charge >= 0.3 is 0 Å². The molecule has 0 aliphatic carbocycles. The maximum atomic E-state index is 9.67. The van der Waals surface area contributed by atoms with Crippen LogP contribution in [0, 0.1) is 0 Å². The first kappa shape index (κ1) is 14.8. The van der Waals surface area contributed by atoms with E-state index < -0.39 is 0 Å². The van der Waals surface area contributed by atoms with E-state index in [9.17, 15) is 5.11 Å². The van der Waals surface area contributed by atoms with Gasteiger partial charge in [0.2, 0.25) is 0 Å². The van der Waals surface area contributed by atoms with Gasteiger partial charge in [-0.25, -0.2) is 0 Å². The van der Waals surface area contributed by atoms with Crippen molar-refractivity contribution in [1.82, 2.24) is 4.90 Å². The van der Waals surface area contributed by atoms with Gasteiger partial charge < -0.3 is 14.6 Å². The second-order valence-corrected chi connectivity index (χ2v) is 4.31. The molecule has 0 aromatic heterocycles. The van der Waals surface area contributed by atoms with Gasteiger partial charge in [-0.05, 0) is 37.6 Å². The SMILES string of the molecule is CCC(O)N(C)CCc1ccc(OC)c(OC)c1. The minimum atomic E-state index is -0.370. The van der Waals surface area contributed by atoms with Crippen molar-refractivity contribution in [2.75, 3.05) is 27.8 Å². The van der Waals surface area contributed by atoms with E-state index in [2.05, 4.69) is 0 Å². The molecule has 0 aliphatic rings. The fourth-order valence-electron chi connectivity index (χ4n) is 1.80. The summed E-state index contributed by atoms with van der Waals surface area (Å²) in [5.41, 5.74) is 1.17. The van der Waals surface area contributed by atoms with E-state index >= 15 is 0 Å². The van der Waals surface area contributed by atoms with Crippen molar-refractivity contribution in [3.05, 3.63) is 23.8 Å². The Kier molecular flexibility index (Phi) is 5.95. The summed E-state index contributed by atoms with van der Waals surface area (Å²) in [5, 5.41) is 9.67. The number of ether oxygens (including phenoxy) is 2. The van der Waals surface area contributed by atoms with Crippen LogP contribution in [0.3, 0.4) is 0 Å². The molecule has 1 N–H and O–H groups in total. The highest BCUT2D eigenvalue weighted by molar-refractivity contribution is 5.42. The molecule has 1 atom stereocenters. The molecule has 0 radical (unpaired) electrons. The zero-order valence-corrected chi connectivity index (χ0v) is 11.6. The highest BCUT2D eigenvalue weighted by Crippen LogP contribution is 2.27. The molecule has 0 saturated carbocycles. The Morgan fingerprint density at radius 1 is 1.22 bits per heavy atom. The van der Waals surface area contributed by atoms with Gasteiger partial charge in [0.05, 0.1) is 14.2 Å². The van der Waals surface area contributed by atoms with Crippen LogP contribution in [0.1, 0.15) is 18.9 Å². The van der Waals surface area contributed by atoms with E-state index in [1.165, 1.54) is 5.56 Å². The largest absolute Gasteiger partial charge is 0.493 e. The highest BCUT2D eigenvalue weighted by atomic mass is 16.5. The Labute approximate surface area is 109 Å². The minimum Gasteiger partial charge on any atom is -0.493 e. The summed E-state index contributed by atoms with van der Waals surface area (Å²) < 4.78 is 10.5. The van der Waals surface area contributed by atoms with Crippen molar-refractivity contribution in [3.8, 4) is 11.5 Å². The van der Waals surface area contributed by atoms with Crippen molar-refractivity contribution >= 4 is 0 Å². The highest BCUT2D eigenvalue weighted by Gasteiger charge is 2.09. The summed E-state index contributed by atoms with van der Waals surface area (Å²) >= 11 is 0. The Morgan fingerprint density at radius 3 is 2.44 bits per heavy atom. The third-order valence-electron chi connectivity index (χ3n) is 3.08. The number of hydrogen-bond acceptors (Lipinski definition) is 4. The molecule has 18 heavy (non-hydrogen) atoms. The van der Waals surface area contributed by atoms with Crippen LogP contribution in [0.4, 0.5) is 0 Å². The number of benzene rings is 1. The lowest BCUT2D eigenvalue weighted by Gasteiger charge is -2.22. The van der Waals surface area contributed by atoms with Crippen molar-refractivity contribution in [3.63, 3.8) is 0 Å². The maximum absolute atomic E-state index is 9.67. The fraction of sp³-hybridized carbons (Fsp3) is 0.571. The van der Waals surface area contributed by atoms with E-state index in [0.717, 1.165) is 30.9 Å². The summed E-state index contributed by atoms with van der Waals surface area (Å²) in [6, 6.07) is 5.91. The smallest absolute Gasteiger partial charge is 0.160 e. The Hall–Kier alpha value is -1.26. The van der Waals surface area contributed by atoms with Gasteiger partial charge in [0.25, 0.3) is 0 Å². The molecule has 0 bridgehead atoms. The molecular weight excluding hydrogens is 230 g/mol. The molecule has 1 aromatic rings. The first-order chi connectivity index (χ1) is 8.62. The normalized spacial score (nSPS) is 12.6. The van der Waals surface area contributed by atoms with E-state index in [0.29, 0.717) is 0 Å². The third-order valence-corrected chi connectivity index (χ3v) is 3.08. The molecular formula is C14H23NO3. The van der Waals surface area contributed by atoms with E-state index in [4.69, 9.17) is 9.47 Å². The molecule has 0 fully saturated rings. The standard InChI is InChI=1S/C14H23NO3/c1-5-14(16)15(2)9-8-11-6-7-12(17-3)13(10-11)18-4/h6-7,10,14,16H,5,8-9H2,1-4H3. The third kappa shape index (κ3) is 3.89. The number of nitrogens with zero attached hydrogens (tertiary/aromatic N) is 1. The van der Waals surface area contributed by atoms with E-state index in [-0.39, 0.29) is 6.23 Å². The molecule has 0 spiro atoms. The van der Waals surface area contributed by atoms with Gasteiger partial charge in [-0.2, -0.15) is 0 Å². The summed E-state index contributed by atoms with van der Waals surface area (Å²) in [4.78, 5) is 1.94. The lowest BCUT2D eigenvalue weighted by molar-refractivity contribution is 0.0204. The molecule has 1 aromatic carbocycles. The van der Waals surface area contributed by atoms with Crippen LogP contribution in [-0.2, 0) is 6.42 Å². The van der Waals surface area contributed by atoms with Crippen LogP contribution in [0.15, 0.2) is 18.2 Å². The van der Waals surface area contributed by atoms with E-state index in [1.54, 1.807) is 14.2 Å². The molecule has 4 nitrogen and oxygen atoms in total. The zero-order valence-electron chi connectivity index (χ0n) is 11.6. The van der Waals surface area contributed by atoms with Crippen LogP contribution in [-0.4, -0.2) is 44.0 Å².